The summed E-state index contributed by atoms with van der Waals surface area (Å²) in [5.74, 6) is 0. The van der Waals surface area contributed by atoms with Gasteiger partial charge in [-0.3, -0.25) is 18.7 Å². The van der Waals surface area contributed by atoms with Crippen LogP contribution in [0.3, 0.4) is 0 Å². The van der Waals surface area contributed by atoms with Crippen LogP contribution in [-0.2, 0) is 27.2 Å². The van der Waals surface area contributed by atoms with Gasteiger partial charge in [0.25, 0.3) is 11.1 Å². The molecule has 172 valence electrons. The first kappa shape index (κ1) is 24.6. The molecular weight excluding hydrogens is 398 g/mol. The Morgan fingerprint density at radius 2 is 1.10 bits per heavy atom. The van der Waals surface area contributed by atoms with Crippen molar-refractivity contribution >= 4 is 0 Å². The van der Waals surface area contributed by atoms with Gasteiger partial charge in [0, 0.05) is 50.7 Å². The minimum Gasteiger partial charge on any atom is -0.304 e. The van der Waals surface area contributed by atoms with Crippen molar-refractivity contribution in [2.24, 2.45) is 14.1 Å². The first-order valence-corrected chi connectivity index (χ1v) is 10.9. The molecule has 0 atom stereocenters. The maximum absolute atomic E-state index is 12.2. The Morgan fingerprint density at radius 1 is 0.710 bits per heavy atom. The third-order valence-corrected chi connectivity index (χ3v) is 5.95. The van der Waals surface area contributed by atoms with Crippen LogP contribution >= 0.6 is 0 Å². The molecular formula is C22H35N5O4. The van der Waals surface area contributed by atoms with Crippen molar-refractivity contribution in [2.45, 2.75) is 59.5 Å². The molecule has 0 fully saturated rings. The van der Waals surface area contributed by atoms with Gasteiger partial charge in [0.1, 0.15) is 0 Å². The summed E-state index contributed by atoms with van der Waals surface area (Å²) in [6, 6.07) is 2.98. The lowest BCUT2D eigenvalue weighted by Gasteiger charge is -2.20. The Bertz CT molecular complexity index is 1040. The van der Waals surface area contributed by atoms with Crippen LogP contribution in [0.15, 0.2) is 31.3 Å². The first-order valence-electron chi connectivity index (χ1n) is 10.9. The van der Waals surface area contributed by atoms with Gasteiger partial charge in [-0.05, 0) is 59.2 Å². The average Bonchev–Trinajstić information content (AvgIpc) is 2.73. The minimum absolute atomic E-state index is 0.245. The van der Waals surface area contributed by atoms with E-state index in [2.05, 4.69) is 11.8 Å². The predicted octanol–water partition coefficient (Wildman–Crippen LogP) is 0.607. The van der Waals surface area contributed by atoms with Crippen molar-refractivity contribution in [2.75, 3.05) is 19.6 Å². The summed E-state index contributed by atoms with van der Waals surface area (Å²) in [6.45, 7) is 9.09. The molecule has 0 N–H and O–H groups in total. The van der Waals surface area contributed by atoms with E-state index in [1.807, 2.05) is 0 Å². The van der Waals surface area contributed by atoms with E-state index in [0.29, 0.717) is 24.5 Å². The molecule has 0 aromatic carbocycles. The van der Waals surface area contributed by atoms with Gasteiger partial charge < -0.3 is 14.0 Å². The summed E-state index contributed by atoms with van der Waals surface area (Å²) in [5, 5.41) is 0. The second-order valence-corrected chi connectivity index (χ2v) is 8.08. The van der Waals surface area contributed by atoms with E-state index in [1.165, 1.54) is 30.4 Å². The van der Waals surface area contributed by atoms with Crippen LogP contribution in [0.2, 0.25) is 0 Å². The van der Waals surface area contributed by atoms with Crippen LogP contribution < -0.4 is 22.5 Å². The molecule has 0 aliphatic carbocycles. The third kappa shape index (κ3) is 6.16. The van der Waals surface area contributed by atoms with Crippen molar-refractivity contribution in [1.29, 1.82) is 0 Å². The van der Waals surface area contributed by atoms with Gasteiger partial charge >= 0.3 is 11.4 Å². The van der Waals surface area contributed by atoms with Gasteiger partial charge in [-0.2, -0.15) is 0 Å². The smallest absolute Gasteiger partial charge is 0.304 e. The zero-order chi connectivity index (χ0) is 23.1. The zero-order valence-electron chi connectivity index (χ0n) is 19.4. The fourth-order valence-electron chi connectivity index (χ4n) is 3.61. The van der Waals surface area contributed by atoms with Crippen LogP contribution in [0.1, 0.15) is 44.0 Å². The quantitative estimate of drug-likeness (QED) is 0.484. The van der Waals surface area contributed by atoms with Gasteiger partial charge in [-0.15, -0.1) is 0 Å². The molecule has 2 aromatic rings. The highest BCUT2D eigenvalue weighted by molar-refractivity contribution is 5.00. The molecule has 0 unspecified atom stereocenters. The van der Waals surface area contributed by atoms with E-state index in [-0.39, 0.29) is 22.5 Å². The predicted molar refractivity (Wildman–Crippen MR) is 122 cm³/mol. The molecule has 9 heteroatoms. The molecule has 0 saturated heterocycles. The third-order valence-electron chi connectivity index (χ3n) is 5.95. The van der Waals surface area contributed by atoms with E-state index in [1.54, 1.807) is 27.9 Å². The van der Waals surface area contributed by atoms with Crippen molar-refractivity contribution in [3.05, 3.63) is 65.2 Å². The largest absolute Gasteiger partial charge is 0.330 e. The first-order chi connectivity index (χ1) is 14.7. The van der Waals surface area contributed by atoms with Gasteiger partial charge in [0.2, 0.25) is 0 Å². The second-order valence-electron chi connectivity index (χ2n) is 8.08. The normalized spacial score (nSPS) is 11.4. The molecule has 9 nitrogen and oxygen atoms in total. The number of unbranched alkanes of at least 4 members (excludes halogenated alkanes) is 2. The molecule has 0 aliphatic heterocycles. The second kappa shape index (κ2) is 11.1. The lowest BCUT2D eigenvalue weighted by molar-refractivity contribution is 0.270. The summed E-state index contributed by atoms with van der Waals surface area (Å²) >= 11 is 0. The highest BCUT2D eigenvalue weighted by Crippen LogP contribution is 2.01. The Labute approximate surface area is 182 Å². The maximum atomic E-state index is 12.2. The number of aryl methyl sites for hydroxylation is 2. The molecule has 31 heavy (non-hydrogen) atoms. The fraction of sp³-hybridized carbons (Fsp3) is 0.636. The molecule has 2 rings (SSSR count). The van der Waals surface area contributed by atoms with E-state index >= 15 is 0 Å². The van der Waals surface area contributed by atoms with Gasteiger partial charge in [-0.25, -0.2) is 9.59 Å². The Hall–Kier alpha value is -2.68. The van der Waals surface area contributed by atoms with Crippen molar-refractivity contribution in [1.82, 2.24) is 23.2 Å². The van der Waals surface area contributed by atoms with Gasteiger partial charge in [-0.1, -0.05) is 6.92 Å². The monoisotopic (exact) mass is 433 g/mol. The molecule has 0 radical (unpaired) electrons. The molecule has 0 amide bonds. The van der Waals surface area contributed by atoms with Crippen molar-refractivity contribution in [3.63, 3.8) is 0 Å². The zero-order valence-corrected chi connectivity index (χ0v) is 19.4. The maximum Gasteiger partial charge on any atom is 0.330 e. The molecule has 0 spiro atoms. The summed E-state index contributed by atoms with van der Waals surface area (Å²) in [4.78, 5) is 50.9. The molecule has 0 bridgehead atoms. The molecule has 2 aromatic heterocycles. The van der Waals surface area contributed by atoms with E-state index < -0.39 is 0 Å². The van der Waals surface area contributed by atoms with E-state index in [4.69, 9.17) is 0 Å². The average molecular weight is 434 g/mol. The SMILES string of the molecule is CCN(CCCCn1c(=O)cc(C)n(C)c1=O)CCCCn1c(=O)cc(C)n(C)c1=O. The molecule has 0 saturated carbocycles. The topological polar surface area (TPSA) is 91.2 Å². The summed E-state index contributed by atoms with van der Waals surface area (Å²) in [6.07, 6.45) is 3.28. The van der Waals surface area contributed by atoms with Crippen LogP contribution in [0.25, 0.3) is 0 Å². The number of hydrogen-bond donors (Lipinski definition) is 0. The summed E-state index contributed by atoms with van der Waals surface area (Å²) in [5.41, 5.74) is 0.295. The summed E-state index contributed by atoms with van der Waals surface area (Å²) in [7, 11) is 3.35. The summed E-state index contributed by atoms with van der Waals surface area (Å²) < 4.78 is 5.57. The Kier molecular flexibility index (Phi) is 8.79. The fourth-order valence-corrected chi connectivity index (χ4v) is 3.61. The lowest BCUT2D eigenvalue weighted by Crippen LogP contribution is -2.39. The molecule has 0 aliphatic rings. The van der Waals surface area contributed by atoms with Crippen LogP contribution in [0.4, 0.5) is 0 Å². The van der Waals surface area contributed by atoms with Gasteiger partial charge in [0.05, 0.1) is 0 Å². The highest BCUT2D eigenvalue weighted by Gasteiger charge is 2.08. The number of rotatable bonds is 11. The van der Waals surface area contributed by atoms with Crippen LogP contribution in [0, 0.1) is 13.8 Å². The van der Waals surface area contributed by atoms with Crippen LogP contribution in [0.5, 0.6) is 0 Å². The van der Waals surface area contributed by atoms with Crippen molar-refractivity contribution in [3.8, 4) is 0 Å². The van der Waals surface area contributed by atoms with Gasteiger partial charge in [0.15, 0.2) is 0 Å². The number of hydrogen-bond acceptors (Lipinski definition) is 5. The van der Waals surface area contributed by atoms with Crippen LogP contribution in [-0.4, -0.2) is 42.8 Å². The highest BCUT2D eigenvalue weighted by atomic mass is 16.2. The standard InChI is InChI=1S/C22H35N5O4/c1-6-25(11-7-9-13-26-19(28)15-17(2)23(4)21(26)30)12-8-10-14-27-20(29)16-18(3)24(5)22(27)31/h15-16H,6-14H2,1-5H3. The number of nitrogens with zero attached hydrogens (tertiary/aromatic N) is 5. The molecule has 2 heterocycles. The lowest BCUT2D eigenvalue weighted by atomic mass is 10.2. The minimum atomic E-state index is -0.269. The number of aromatic nitrogens is 4. The Morgan fingerprint density at radius 3 is 1.45 bits per heavy atom. The Balaban J connectivity index is 1.79. The van der Waals surface area contributed by atoms with Crippen molar-refractivity contribution < 1.29 is 0 Å². The van der Waals surface area contributed by atoms with E-state index in [0.717, 1.165) is 45.3 Å². The van der Waals surface area contributed by atoms with E-state index in [9.17, 15) is 19.2 Å².